The van der Waals surface area contributed by atoms with Gasteiger partial charge in [-0.1, -0.05) is 24.3 Å². The van der Waals surface area contributed by atoms with Crippen molar-refractivity contribution in [1.29, 1.82) is 0 Å². The Bertz CT molecular complexity index is 535. The molecule has 2 aromatic rings. The van der Waals surface area contributed by atoms with Gasteiger partial charge in [0.15, 0.2) is 0 Å². The first kappa shape index (κ1) is 10.7. The molecular formula is C15H18N2. The molecule has 0 spiro atoms. The molecule has 3 unspecified atom stereocenters. The number of rotatable bonds is 1. The zero-order valence-electron chi connectivity index (χ0n) is 10.4. The van der Waals surface area contributed by atoms with Crippen molar-refractivity contribution in [1.82, 2.24) is 10.3 Å². The summed E-state index contributed by atoms with van der Waals surface area (Å²) in [6.45, 7) is 4.50. The van der Waals surface area contributed by atoms with Crippen LogP contribution in [0.25, 0.3) is 10.9 Å². The molecule has 88 valence electrons. The molecule has 1 aromatic carbocycles. The minimum Gasteiger partial charge on any atom is -0.311 e. The lowest BCUT2D eigenvalue weighted by molar-refractivity contribution is 0.569. The van der Waals surface area contributed by atoms with E-state index >= 15 is 0 Å². The van der Waals surface area contributed by atoms with E-state index in [1.807, 2.05) is 0 Å². The summed E-state index contributed by atoms with van der Waals surface area (Å²) in [5, 5.41) is 4.80. The van der Waals surface area contributed by atoms with E-state index in [0.29, 0.717) is 18.0 Å². The van der Waals surface area contributed by atoms with Crippen LogP contribution in [0.5, 0.6) is 0 Å². The van der Waals surface area contributed by atoms with Crippen LogP contribution in [0.3, 0.4) is 0 Å². The first-order valence-electron chi connectivity index (χ1n) is 6.36. The van der Waals surface area contributed by atoms with Crippen molar-refractivity contribution < 1.29 is 0 Å². The number of nitrogens with zero attached hydrogens (tertiary/aromatic N) is 1. The maximum atomic E-state index is 4.80. The second kappa shape index (κ2) is 4.11. The molecule has 2 heterocycles. The lowest BCUT2D eigenvalue weighted by Crippen LogP contribution is -2.26. The molecule has 1 saturated heterocycles. The molecule has 1 aliphatic rings. The zero-order chi connectivity index (χ0) is 11.8. The molecule has 0 aliphatic carbocycles. The van der Waals surface area contributed by atoms with Crippen molar-refractivity contribution in [2.45, 2.75) is 38.3 Å². The van der Waals surface area contributed by atoms with E-state index in [4.69, 9.17) is 4.98 Å². The SMILES string of the molecule is CC1CC(c2ccc3ccccc3n2)C(C)N1. The molecule has 3 rings (SSSR count). The monoisotopic (exact) mass is 226 g/mol. The van der Waals surface area contributed by atoms with Gasteiger partial charge in [0, 0.05) is 29.1 Å². The number of hydrogen-bond acceptors (Lipinski definition) is 2. The van der Waals surface area contributed by atoms with Gasteiger partial charge >= 0.3 is 0 Å². The number of pyridine rings is 1. The average molecular weight is 226 g/mol. The van der Waals surface area contributed by atoms with Gasteiger partial charge in [-0.25, -0.2) is 0 Å². The Morgan fingerprint density at radius 3 is 2.71 bits per heavy atom. The number of benzene rings is 1. The normalized spacial score (nSPS) is 28.7. The second-order valence-electron chi connectivity index (χ2n) is 5.13. The summed E-state index contributed by atoms with van der Waals surface area (Å²) in [5.41, 5.74) is 2.34. The largest absolute Gasteiger partial charge is 0.311 e. The molecule has 2 nitrogen and oxygen atoms in total. The van der Waals surface area contributed by atoms with E-state index in [9.17, 15) is 0 Å². The van der Waals surface area contributed by atoms with E-state index < -0.39 is 0 Å². The number of nitrogens with one attached hydrogen (secondary N) is 1. The minimum absolute atomic E-state index is 0.527. The summed E-state index contributed by atoms with van der Waals surface area (Å²) in [6, 6.07) is 13.8. The number of para-hydroxylation sites is 1. The van der Waals surface area contributed by atoms with Crippen LogP contribution in [0, 0.1) is 0 Å². The Labute approximate surface area is 102 Å². The number of hydrogen-bond donors (Lipinski definition) is 1. The van der Waals surface area contributed by atoms with Gasteiger partial charge < -0.3 is 5.32 Å². The van der Waals surface area contributed by atoms with E-state index in [2.05, 4.69) is 55.6 Å². The molecule has 2 heteroatoms. The van der Waals surface area contributed by atoms with Gasteiger partial charge in [0.05, 0.1) is 5.52 Å². The van der Waals surface area contributed by atoms with Crippen LogP contribution in [-0.4, -0.2) is 17.1 Å². The first-order chi connectivity index (χ1) is 8.24. The molecule has 0 amide bonds. The van der Waals surface area contributed by atoms with Gasteiger partial charge in [-0.2, -0.15) is 0 Å². The van der Waals surface area contributed by atoms with Crippen molar-refractivity contribution in [2.24, 2.45) is 0 Å². The molecule has 0 radical (unpaired) electrons. The lowest BCUT2D eigenvalue weighted by Gasteiger charge is -2.14. The third kappa shape index (κ3) is 1.93. The fourth-order valence-corrected chi connectivity index (χ4v) is 2.88. The molecule has 3 atom stereocenters. The first-order valence-corrected chi connectivity index (χ1v) is 6.36. The smallest absolute Gasteiger partial charge is 0.0705 e. The van der Waals surface area contributed by atoms with Gasteiger partial charge in [0.25, 0.3) is 0 Å². The Morgan fingerprint density at radius 2 is 1.94 bits per heavy atom. The molecule has 1 fully saturated rings. The fourth-order valence-electron chi connectivity index (χ4n) is 2.88. The Kier molecular flexibility index (Phi) is 2.60. The molecule has 1 aliphatic heterocycles. The van der Waals surface area contributed by atoms with Crippen LogP contribution in [-0.2, 0) is 0 Å². The molecule has 0 saturated carbocycles. The maximum Gasteiger partial charge on any atom is 0.0705 e. The van der Waals surface area contributed by atoms with Crippen LogP contribution in [0.4, 0.5) is 0 Å². The third-order valence-electron chi connectivity index (χ3n) is 3.76. The van der Waals surface area contributed by atoms with Gasteiger partial charge in [0.2, 0.25) is 0 Å². The lowest BCUT2D eigenvalue weighted by atomic mass is 9.95. The number of aromatic nitrogens is 1. The maximum absolute atomic E-state index is 4.80. The molecule has 1 aromatic heterocycles. The highest BCUT2D eigenvalue weighted by Crippen LogP contribution is 2.30. The Hall–Kier alpha value is -1.41. The predicted octanol–water partition coefficient (Wildman–Crippen LogP) is 3.09. The highest BCUT2D eigenvalue weighted by Gasteiger charge is 2.30. The van der Waals surface area contributed by atoms with Crippen LogP contribution >= 0.6 is 0 Å². The summed E-state index contributed by atoms with van der Waals surface area (Å²) in [5.74, 6) is 0.551. The van der Waals surface area contributed by atoms with Gasteiger partial charge in [-0.15, -0.1) is 0 Å². The highest BCUT2D eigenvalue weighted by atomic mass is 15.0. The minimum atomic E-state index is 0.527. The molecular weight excluding hydrogens is 208 g/mol. The third-order valence-corrected chi connectivity index (χ3v) is 3.76. The summed E-state index contributed by atoms with van der Waals surface area (Å²) in [4.78, 5) is 4.80. The molecule has 1 N–H and O–H groups in total. The second-order valence-corrected chi connectivity index (χ2v) is 5.13. The fraction of sp³-hybridized carbons (Fsp3) is 0.400. The predicted molar refractivity (Wildman–Crippen MR) is 71.2 cm³/mol. The number of fused-ring (bicyclic) bond motifs is 1. The quantitative estimate of drug-likeness (QED) is 0.808. The van der Waals surface area contributed by atoms with Crippen molar-refractivity contribution in [3.05, 3.63) is 42.1 Å². The summed E-state index contributed by atoms with van der Waals surface area (Å²) in [6.07, 6.45) is 1.19. The van der Waals surface area contributed by atoms with Crippen LogP contribution < -0.4 is 5.32 Å². The zero-order valence-corrected chi connectivity index (χ0v) is 10.4. The van der Waals surface area contributed by atoms with Crippen molar-refractivity contribution in [3.63, 3.8) is 0 Å². The average Bonchev–Trinajstić information content (AvgIpc) is 2.68. The van der Waals surface area contributed by atoms with Crippen LogP contribution in [0.15, 0.2) is 36.4 Å². The standard InChI is InChI=1S/C15H18N2/c1-10-9-13(11(2)16-10)15-8-7-12-5-3-4-6-14(12)17-15/h3-8,10-11,13,16H,9H2,1-2H3. The summed E-state index contributed by atoms with van der Waals surface area (Å²) < 4.78 is 0. The van der Waals surface area contributed by atoms with Crippen molar-refractivity contribution >= 4 is 10.9 Å². The van der Waals surface area contributed by atoms with Crippen molar-refractivity contribution in [2.75, 3.05) is 0 Å². The van der Waals surface area contributed by atoms with Gasteiger partial charge in [0.1, 0.15) is 0 Å². The van der Waals surface area contributed by atoms with Crippen molar-refractivity contribution in [3.8, 4) is 0 Å². The Balaban J connectivity index is 2.00. The van der Waals surface area contributed by atoms with E-state index in [1.165, 1.54) is 17.5 Å². The van der Waals surface area contributed by atoms with Gasteiger partial charge in [-0.05, 0) is 32.4 Å². The topological polar surface area (TPSA) is 24.9 Å². The Morgan fingerprint density at radius 1 is 1.12 bits per heavy atom. The van der Waals surface area contributed by atoms with E-state index in [-0.39, 0.29) is 0 Å². The summed E-state index contributed by atoms with van der Waals surface area (Å²) >= 11 is 0. The van der Waals surface area contributed by atoms with Gasteiger partial charge in [-0.3, -0.25) is 4.98 Å². The summed E-state index contributed by atoms with van der Waals surface area (Å²) in [7, 11) is 0. The van der Waals surface area contributed by atoms with Crippen LogP contribution in [0.1, 0.15) is 31.9 Å². The van der Waals surface area contributed by atoms with E-state index in [1.54, 1.807) is 0 Å². The molecule has 0 bridgehead atoms. The highest BCUT2D eigenvalue weighted by molar-refractivity contribution is 5.78. The van der Waals surface area contributed by atoms with E-state index in [0.717, 1.165) is 5.52 Å². The van der Waals surface area contributed by atoms with Crippen LogP contribution in [0.2, 0.25) is 0 Å². The molecule has 17 heavy (non-hydrogen) atoms.